The Balaban J connectivity index is 1.69. The number of ketones is 1. The highest BCUT2D eigenvalue weighted by molar-refractivity contribution is 6.42. The van der Waals surface area contributed by atoms with E-state index in [4.69, 9.17) is 33.7 Å². The molecule has 0 aliphatic heterocycles. The smallest absolute Gasteiger partial charge is 0.184 e. The minimum Gasteiger partial charge on any atom is -0.493 e. The summed E-state index contributed by atoms with van der Waals surface area (Å²) in [5.74, 6) is 1.30. The van der Waals surface area contributed by atoms with Crippen molar-refractivity contribution < 1.29 is 9.53 Å². The number of benzene rings is 2. The predicted octanol–water partition coefficient (Wildman–Crippen LogP) is 4.66. The van der Waals surface area contributed by atoms with Crippen LogP contribution >= 0.6 is 23.2 Å². The number of carbonyl (C=O) groups is 1. The first-order valence-electron chi connectivity index (χ1n) is 7.52. The van der Waals surface area contributed by atoms with E-state index in [9.17, 15) is 4.79 Å². The molecule has 1 atom stereocenters. The number of Topliss-reactive ketones (excluding diaryl/α,β-unsaturated/α-hetero) is 1. The maximum Gasteiger partial charge on any atom is 0.184 e. The fourth-order valence-electron chi connectivity index (χ4n) is 2.25. The third-order valence-electron chi connectivity index (χ3n) is 3.91. The van der Waals surface area contributed by atoms with Gasteiger partial charge in [-0.1, -0.05) is 29.3 Å². The second-order valence-corrected chi connectivity index (χ2v) is 6.61. The van der Waals surface area contributed by atoms with Crippen LogP contribution in [-0.2, 0) is 0 Å². The van der Waals surface area contributed by atoms with Gasteiger partial charge >= 0.3 is 0 Å². The van der Waals surface area contributed by atoms with Crippen LogP contribution in [0.2, 0.25) is 10.0 Å². The molecule has 0 saturated heterocycles. The molecule has 1 fully saturated rings. The van der Waals surface area contributed by atoms with Crippen LogP contribution in [0.1, 0.15) is 34.8 Å². The molecule has 0 spiro atoms. The van der Waals surface area contributed by atoms with E-state index >= 15 is 0 Å². The summed E-state index contributed by atoms with van der Waals surface area (Å²) in [6.45, 7) is 0.746. The molecule has 3 rings (SSSR count). The van der Waals surface area contributed by atoms with E-state index < -0.39 is 6.04 Å². The minimum absolute atomic E-state index is 0.169. The topological polar surface area (TPSA) is 52.3 Å². The Hall–Kier alpha value is -1.55. The van der Waals surface area contributed by atoms with E-state index in [-0.39, 0.29) is 5.78 Å². The molecule has 0 amide bonds. The van der Waals surface area contributed by atoms with Gasteiger partial charge in [0.25, 0.3) is 0 Å². The molecule has 0 heterocycles. The fourth-order valence-corrected chi connectivity index (χ4v) is 2.56. The van der Waals surface area contributed by atoms with Crippen molar-refractivity contribution >= 4 is 29.0 Å². The highest BCUT2D eigenvalue weighted by Gasteiger charge is 2.22. The van der Waals surface area contributed by atoms with Crippen molar-refractivity contribution in [2.75, 3.05) is 6.61 Å². The highest BCUT2D eigenvalue weighted by Crippen LogP contribution is 2.30. The number of hydrogen-bond donors (Lipinski definition) is 1. The van der Waals surface area contributed by atoms with Crippen molar-refractivity contribution in [1.82, 2.24) is 0 Å². The van der Waals surface area contributed by atoms with Crippen LogP contribution < -0.4 is 10.5 Å². The predicted molar refractivity (Wildman–Crippen MR) is 92.4 cm³/mol. The van der Waals surface area contributed by atoms with E-state index in [0.29, 0.717) is 27.1 Å². The van der Waals surface area contributed by atoms with Crippen molar-refractivity contribution in [2.45, 2.75) is 18.9 Å². The summed E-state index contributed by atoms with van der Waals surface area (Å²) >= 11 is 11.9. The maximum absolute atomic E-state index is 12.5. The second-order valence-electron chi connectivity index (χ2n) is 5.79. The Morgan fingerprint density at radius 1 is 1.13 bits per heavy atom. The Morgan fingerprint density at radius 2 is 1.83 bits per heavy atom. The van der Waals surface area contributed by atoms with Crippen LogP contribution in [0.15, 0.2) is 42.5 Å². The minimum atomic E-state index is -0.775. The molecule has 0 radical (unpaired) electrons. The first kappa shape index (κ1) is 16.3. The lowest BCUT2D eigenvalue weighted by molar-refractivity contribution is 0.0961. The van der Waals surface area contributed by atoms with Crippen molar-refractivity contribution in [3.8, 4) is 5.75 Å². The lowest BCUT2D eigenvalue weighted by atomic mass is 9.98. The Morgan fingerprint density at radius 3 is 2.43 bits per heavy atom. The molecule has 2 N–H and O–H groups in total. The Bertz CT molecular complexity index is 711. The van der Waals surface area contributed by atoms with Gasteiger partial charge in [0.2, 0.25) is 0 Å². The number of ether oxygens (including phenoxy) is 1. The zero-order valence-electron chi connectivity index (χ0n) is 12.5. The van der Waals surface area contributed by atoms with Gasteiger partial charge in [0.1, 0.15) is 5.75 Å². The third kappa shape index (κ3) is 4.05. The summed E-state index contributed by atoms with van der Waals surface area (Å²) in [4.78, 5) is 12.5. The monoisotopic (exact) mass is 349 g/mol. The van der Waals surface area contributed by atoms with Gasteiger partial charge in [0.05, 0.1) is 22.7 Å². The van der Waals surface area contributed by atoms with Crippen LogP contribution in [0.4, 0.5) is 0 Å². The third-order valence-corrected chi connectivity index (χ3v) is 4.65. The van der Waals surface area contributed by atoms with Gasteiger partial charge in [-0.2, -0.15) is 0 Å². The van der Waals surface area contributed by atoms with Gasteiger partial charge in [-0.25, -0.2) is 0 Å². The molecule has 0 bridgehead atoms. The quantitative estimate of drug-likeness (QED) is 0.771. The van der Waals surface area contributed by atoms with Crippen LogP contribution in [0.25, 0.3) is 0 Å². The van der Waals surface area contributed by atoms with Crippen molar-refractivity contribution in [3.63, 3.8) is 0 Å². The van der Waals surface area contributed by atoms with Crippen molar-refractivity contribution in [2.24, 2.45) is 11.7 Å². The summed E-state index contributed by atoms with van der Waals surface area (Å²) in [5, 5.41) is 0.823. The molecule has 23 heavy (non-hydrogen) atoms. The molecule has 5 heteroatoms. The number of nitrogens with two attached hydrogens (primary N) is 1. The second kappa shape index (κ2) is 6.91. The van der Waals surface area contributed by atoms with E-state index in [0.717, 1.165) is 12.4 Å². The summed E-state index contributed by atoms with van der Waals surface area (Å²) in [7, 11) is 0. The van der Waals surface area contributed by atoms with Gasteiger partial charge in [-0.05, 0) is 60.7 Å². The molecule has 1 aliphatic rings. The molecule has 120 valence electrons. The number of hydrogen-bond acceptors (Lipinski definition) is 3. The lowest BCUT2D eigenvalue weighted by Crippen LogP contribution is -2.21. The largest absolute Gasteiger partial charge is 0.493 e. The average Bonchev–Trinajstić information content (AvgIpc) is 3.39. The maximum atomic E-state index is 12.5. The SMILES string of the molecule is NC(C(=O)c1ccc(OCC2CC2)cc1)c1ccc(Cl)c(Cl)c1. The zero-order valence-corrected chi connectivity index (χ0v) is 14.0. The summed E-state index contributed by atoms with van der Waals surface area (Å²) < 4.78 is 5.66. The Labute approximate surface area is 145 Å². The van der Waals surface area contributed by atoms with E-state index in [2.05, 4.69) is 0 Å². The molecular formula is C18H17Cl2NO2. The number of halogens is 2. The van der Waals surface area contributed by atoms with Gasteiger partial charge in [-0.15, -0.1) is 0 Å². The zero-order chi connectivity index (χ0) is 16.4. The molecule has 3 nitrogen and oxygen atoms in total. The van der Waals surface area contributed by atoms with Crippen LogP contribution in [0, 0.1) is 5.92 Å². The lowest BCUT2D eigenvalue weighted by Gasteiger charge is -2.12. The van der Waals surface area contributed by atoms with Crippen molar-refractivity contribution in [1.29, 1.82) is 0 Å². The number of rotatable bonds is 6. The molecule has 1 saturated carbocycles. The van der Waals surface area contributed by atoms with Gasteiger partial charge < -0.3 is 10.5 Å². The van der Waals surface area contributed by atoms with Crippen LogP contribution in [0.5, 0.6) is 5.75 Å². The molecule has 2 aromatic rings. The summed E-state index contributed by atoms with van der Waals surface area (Å²) in [6, 6.07) is 11.3. The van der Waals surface area contributed by atoms with Gasteiger partial charge in [0.15, 0.2) is 5.78 Å². The average molecular weight is 350 g/mol. The van der Waals surface area contributed by atoms with E-state index in [1.807, 2.05) is 0 Å². The fraction of sp³-hybridized carbons (Fsp3) is 0.278. The summed E-state index contributed by atoms with van der Waals surface area (Å²) in [6.07, 6.45) is 2.49. The highest BCUT2D eigenvalue weighted by atomic mass is 35.5. The normalized spacial score (nSPS) is 15.3. The van der Waals surface area contributed by atoms with Crippen LogP contribution in [0.3, 0.4) is 0 Å². The first-order chi connectivity index (χ1) is 11.0. The van der Waals surface area contributed by atoms with E-state index in [1.54, 1.807) is 42.5 Å². The van der Waals surface area contributed by atoms with E-state index in [1.165, 1.54) is 12.8 Å². The standard InChI is InChI=1S/C18H17Cl2NO2/c19-15-8-5-13(9-16(15)20)17(21)18(22)12-3-6-14(7-4-12)23-10-11-1-2-11/h3-9,11,17H,1-2,10,21H2. The van der Waals surface area contributed by atoms with Crippen LogP contribution in [-0.4, -0.2) is 12.4 Å². The molecule has 2 aromatic carbocycles. The first-order valence-corrected chi connectivity index (χ1v) is 8.28. The van der Waals surface area contributed by atoms with Gasteiger partial charge in [-0.3, -0.25) is 4.79 Å². The summed E-state index contributed by atoms with van der Waals surface area (Å²) in [5.41, 5.74) is 7.23. The molecule has 1 aliphatic carbocycles. The molecule has 1 unspecified atom stereocenters. The van der Waals surface area contributed by atoms with Gasteiger partial charge in [0, 0.05) is 5.56 Å². The molecule has 0 aromatic heterocycles. The molecular weight excluding hydrogens is 333 g/mol. The Kier molecular flexibility index (Phi) is 4.90. The number of carbonyl (C=O) groups excluding carboxylic acids is 1. The van der Waals surface area contributed by atoms with Crippen molar-refractivity contribution in [3.05, 3.63) is 63.6 Å².